The number of benzene rings is 1. The molecule has 104 valence electrons. The standard InChI is InChI=1S/C12H11BrFN5S/c1-2-18-6-15-17-11(18)5-19-10-4-8(14)7(13)3-9(10)16-12(19)20/h3-4,6H,2,5H2,1H3,(H,16,20). The largest absolute Gasteiger partial charge is 0.331 e. The van der Waals surface area contributed by atoms with Crippen LogP contribution in [0.2, 0.25) is 0 Å². The Morgan fingerprint density at radius 1 is 1.45 bits per heavy atom. The third kappa shape index (κ3) is 2.18. The normalized spacial score (nSPS) is 11.3. The van der Waals surface area contributed by atoms with Crippen molar-refractivity contribution < 1.29 is 4.39 Å². The monoisotopic (exact) mass is 355 g/mol. The molecular formula is C12H11BrFN5S. The first-order chi connectivity index (χ1) is 9.60. The highest BCUT2D eigenvalue weighted by molar-refractivity contribution is 9.10. The summed E-state index contributed by atoms with van der Waals surface area (Å²) in [4.78, 5) is 3.07. The second-order valence-electron chi connectivity index (χ2n) is 4.33. The summed E-state index contributed by atoms with van der Waals surface area (Å²) < 4.78 is 18.4. The molecule has 1 aromatic carbocycles. The lowest BCUT2D eigenvalue weighted by molar-refractivity contribution is 0.620. The van der Waals surface area contributed by atoms with E-state index in [9.17, 15) is 4.39 Å². The Bertz CT molecular complexity index is 834. The van der Waals surface area contributed by atoms with Crippen LogP contribution in [-0.2, 0) is 13.1 Å². The van der Waals surface area contributed by atoms with Crippen molar-refractivity contribution in [1.82, 2.24) is 24.3 Å². The van der Waals surface area contributed by atoms with Gasteiger partial charge in [-0.25, -0.2) is 4.39 Å². The molecule has 0 amide bonds. The molecule has 8 heteroatoms. The van der Waals surface area contributed by atoms with Gasteiger partial charge in [0.05, 0.1) is 22.1 Å². The molecule has 0 unspecified atom stereocenters. The second-order valence-corrected chi connectivity index (χ2v) is 5.57. The fourth-order valence-electron chi connectivity index (χ4n) is 2.12. The molecule has 0 aliphatic heterocycles. The number of aryl methyl sites for hydroxylation is 1. The summed E-state index contributed by atoms with van der Waals surface area (Å²) in [5.41, 5.74) is 1.49. The molecule has 3 aromatic rings. The van der Waals surface area contributed by atoms with Crippen LogP contribution in [0.3, 0.4) is 0 Å². The van der Waals surface area contributed by atoms with Crippen molar-refractivity contribution >= 4 is 39.2 Å². The van der Waals surface area contributed by atoms with Gasteiger partial charge in [0.25, 0.3) is 0 Å². The summed E-state index contributed by atoms with van der Waals surface area (Å²) in [5.74, 6) is 0.463. The molecule has 0 atom stereocenters. The topological polar surface area (TPSA) is 51.4 Å². The average Bonchev–Trinajstić information content (AvgIpc) is 2.97. The molecule has 2 heterocycles. The second kappa shape index (κ2) is 5.10. The van der Waals surface area contributed by atoms with E-state index in [0.29, 0.717) is 21.3 Å². The van der Waals surface area contributed by atoms with E-state index in [4.69, 9.17) is 12.2 Å². The molecule has 0 saturated carbocycles. The molecule has 0 saturated heterocycles. The third-order valence-corrected chi connectivity index (χ3v) is 4.08. The molecule has 0 bridgehead atoms. The molecule has 0 radical (unpaired) electrons. The van der Waals surface area contributed by atoms with E-state index in [1.54, 1.807) is 12.4 Å². The lowest BCUT2D eigenvalue weighted by Gasteiger charge is -2.06. The Labute approximate surface area is 127 Å². The van der Waals surface area contributed by atoms with Crippen molar-refractivity contribution in [2.45, 2.75) is 20.0 Å². The lowest BCUT2D eigenvalue weighted by atomic mass is 10.3. The van der Waals surface area contributed by atoms with Crippen LogP contribution in [0.4, 0.5) is 4.39 Å². The van der Waals surface area contributed by atoms with Crippen LogP contribution in [0.5, 0.6) is 0 Å². The number of rotatable bonds is 3. The Morgan fingerprint density at radius 2 is 2.25 bits per heavy atom. The first-order valence-corrected chi connectivity index (χ1v) is 7.24. The summed E-state index contributed by atoms with van der Waals surface area (Å²) >= 11 is 8.47. The molecule has 5 nitrogen and oxygen atoms in total. The first-order valence-electron chi connectivity index (χ1n) is 6.04. The molecule has 0 spiro atoms. The zero-order chi connectivity index (χ0) is 14.3. The zero-order valence-corrected chi connectivity index (χ0v) is 13.0. The van der Waals surface area contributed by atoms with Gasteiger partial charge in [-0.1, -0.05) is 0 Å². The number of nitrogens with one attached hydrogen (secondary N) is 1. The Kier molecular flexibility index (Phi) is 3.43. The molecule has 20 heavy (non-hydrogen) atoms. The highest BCUT2D eigenvalue weighted by atomic mass is 79.9. The van der Waals surface area contributed by atoms with Crippen molar-refractivity contribution in [1.29, 1.82) is 0 Å². The Balaban J connectivity index is 2.14. The molecule has 0 aliphatic rings. The molecular weight excluding hydrogens is 345 g/mol. The maximum atomic E-state index is 13.7. The van der Waals surface area contributed by atoms with Crippen molar-refractivity contribution in [2.24, 2.45) is 0 Å². The Hall–Kier alpha value is -1.54. The van der Waals surface area contributed by atoms with Crippen LogP contribution in [0.15, 0.2) is 22.9 Å². The smallest absolute Gasteiger partial charge is 0.178 e. The van der Waals surface area contributed by atoms with Gasteiger partial charge < -0.3 is 14.1 Å². The van der Waals surface area contributed by atoms with E-state index < -0.39 is 0 Å². The number of H-pyrrole nitrogens is 1. The SMILES string of the molecule is CCn1cnnc1Cn1c(=S)[nH]c2cc(Br)c(F)cc21. The minimum Gasteiger partial charge on any atom is -0.331 e. The van der Waals surface area contributed by atoms with Crippen LogP contribution in [0.25, 0.3) is 11.0 Å². The minimum absolute atomic E-state index is 0.322. The molecule has 2 aromatic heterocycles. The molecule has 0 aliphatic carbocycles. The number of hydrogen-bond acceptors (Lipinski definition) is 3. The van der Waals surface area contributed by atoms with E-state index in [1.165, 1.54) is 6.07 Å². The number of fused-ring (bicyclic) bond motifs is 1. The summed E-state index contributed by atoms with van der Waals surface area (Å²) in [6.07, 6.45) is 1.67. The summed E-state index contributed by atoms with van der Waals surface area (Å²) in [6, 6.07) is 3.14. The van der Waals surface area contributed by atoms with Crippen molar-refractivity contribution in [3.63, 3.8) is 0 Å². The van der Waals surface area contributed by atoms with E-state index in [-0.39, 0.29) is 5.82 Å². The number of halogens is 2. The van der Waals surface area contributed by atoms with Crippen molar-refractivity contribution in [3.8, 4) is 0 Å². The van der Waals surface area contributed by atoms with Crippen molar-refractivity contribution in [2.75, 3.05) is 0 Å². The van der Waals surface area contributed by atoms with Gasteiger partial charge in [0.2, 0.25) is 0 Å². The number of nitrogens with zero attached hydrogens (tertiary/aromatic N) is 4. The summed E-state index contributed by atoms with van der Waals surface area (Å²) in [5, 5.41) is 7.97. The fraction of sp³-hybridized carbons (Fsp3) is 0.250. The minimum atomic E-state index is -0.322. The molecule has 3 rings (SSSR count). The van der Waals surface area contributed by atoms with Gasteiger partial charge in [-0.05, 0) is 41.1 Å². The third-order valence-electron chi connectivity index (χ3n) is 3.15. The number of aromatic nitrogens is 5. The number of imidazole rings is 1. The van der Waals surface area contributed by atoms with Crippen molar-refractivity contribution in [3.05, 3.63) is 39.3 Å². The van der Waals surface area contributed by atoms with E-state index >= 15 is 0 Å². The lowest BCUT2D eigenvalue weighted by Crippen LogP contribution is -2.07. The maximum absolute atomic E-state index is 13.7. The van der Waals surface area contributed by atoms with Gasteiger partial charge in [0.15, 0.2) is 10.6 Å². The zero-order valence-electron chi connectivity index (χ0n) is 10.6. The quantitative estimate of drug-likeness (QED) is 0.733. The number of aromatic amines is 1. The average molecular weight is 356 g/mol. The van der Waals surface area contributed by atoms with Gasteiger partial charge >= 0.3 is 0 Å². The summed E-state index contributed by atoms with van der Waals surface area (Å²) in [7, 11) is 0. The van der Waals surface area contributed by atoms with Gasteiger partial charge in [0, 0.05) is 12.6 Å². The predicted molar refractivity (Wildman–Crippen MR) is 79.6 cm³/mol. The molecule has 1 N–H and O–H groups in total. The fourth-order valence-corrected chi connectivity index (χ4v) is 2.73. The van der Waals surface area contributed by atoms with Crippen LogP contribution < -0.4 is 0 Å². The van der Waals surface area contributed by atoms with Crippen LogP contribution >= 0.6 is 28.1 Å². The maximum Gasteiger partial charge on any atom is 0.178 e. The highest BCUT2D eigenvalue weighted by Crippen LogP contribution is 2.23. The van der Waals surface area contributed by atoms with E-state index in [1.807, 2.05) is 16.1 Å². The van der Waals surface area contributed by atoms with Gasteiger partial charge in [-0.3, -0.25) is 0 Å². The Morgan fingerprint density at radius 3 is 3.00 bits per heavy atom. The first kappa shape index (κ1) is 13.4. The highest BCUT2D eigenvalue weighted by Gasteiger charge is 2.11. The summed E-state index contributed by atoms with van der Waals surface area (Å²) in [6.45, 7) is 3.24. The van der Waals surface area contributed by atoms with E-state index in [0.717, 1.165) is 17.9 Å². The number of hydrogen-bond donors (Lipinski definition) is 1. The predicted octanol–water partition coefficient (Wildman–Crippen LogP) is 3.26. The molecule has 0 fully saturated rings. The van der Waals surface area contributed by atoms with Gasteiger partial charge in [-0.15, -0.1) is 10.2 Å². The van der Waals surface area contributed by atoms with Gasteiger partial charge in [0.1, 0.15) is 12.1 Å². The van der Waals surface area contributed by atoms with Crippen LogP contribution in [0.1, 0.15) is 12.7 Å². The van der Waals surface area contributed by atoms with Crippen LogP contribution in [-0.4, -0.2) is 24.3 Å². The van der Waals surface area contributed by atoms with E-state index in [2.05, 4.69) is 31.1 Å². The van der Waals surface area contributed by atoms with Gasteiger partial charge in [-0.2, -0.15) is 0 Å². The van der Waals surface area contributed by atoms with Crippen LogP contribution in [0, 0.1) is 10.6 Å².